The van der Waals surface area contributed by atoms with Crippen LogP contribution in [0.3, 0.4) is 0 Å². The molecule has 3 aromatic rings. The molecule has 0 radical (unpaired) electrons. The number of nitrogens with zero attached hydrogens (tertiary/aromatic N) is 3. The smallest absolute Gasteiger partial charge is 0.326 e. The summed E-state index contributed by atoms with van der Waals surface area (Å²) in [7, 11) is 1.64. The lowest BCUT2D eigenvalue weighted by Crippen LogP contribution is -2.51. The predicted molar refractivity (Wildman–Crippen MR) is 141 cm³/mol. The third kappa shape index (κ3) is 5.08. The van der Waals surface area contributed by atoms with E-state index in [1.54, 1.807) is 7.11 Å². The first-order valence-electron chi connectivity index (χ1n) is 12.6. The van der Waals surface area contributed by atoms with Crippen LogP contribution in [0.5, 0.6) is 5.75 Å². The van der Waals surface area contributed by atoms with Gasteiger partial charge < -0.3 is 10.1 Å². The van der Waals surface area contributed by atoms with Crippen molar-refractivity contribution in [1.29, 1.82) is 0 Å². The Hall–Kier alpha value is -3.42. The van der Waals surface area contributed by atoms with Gasteiger partial charge in [-0.05, 0) is 53.8 Å². The maximum atomic E-state index is 13.2. The highest BCUT2D eigenvalue weighted by Gasteiger charge is 2.47. The average molecular weight is 487 g/mol. The van der Waals surface area contributed by atoms with Gasteiger partial charge in [0, 0.05) is 32.7 Å². The molecule has 2 saturated heterocycles. The molecule has 0 unspecified atom stereocenters. The zero-order chi connectivity index (χ0) is 25.1. The number of carbonyl (C=O) groups is 2. The molecule has 0 bridgehead atoms. The molecule has 5 rings (SSSR count). The number of benzene rings is 3. The second kappa shape index (κ2) is 10.3. The monoisotopic (exact) mass is 486 g/mol. The van der Waals surface area contributed by atoms with E-state index in [4.69, 9.17) is 4.74 Å². The molecule has 0 aromatic heterocycles. The number of hydrogen-bond donors (Lipinski definition) is 1. The lowest BCUT2D eigenvalue weighted by Gasteiger charge is -2.36. The Kier molecular flexibility index (Phi) is 6.94. The van der Waals surface area contributed by atoms with Gasteiger partial charge in [-0.1, -0.05) is 54.6 Å². The summed E-state index contributed by atoms with van der Waals surface area (Å²) >= 11 is 0. The summed E-state index contributed by atoms with van der Waals surface area (Å²) in [5.41, 5.74) is 1.57. The van der Waals surface area contributed by atoms with Crippen molar-refractivity contribution in [2.45, 2.75) is 31.8 Å². The summed E-state index contributed by atoms with van der Waals surface area (Å²) < 4.78 is 5.21. The number of urea groups is 1. The zero-order valence-electron chi connectivity index (χ0n) is 21.1. The molecule has 2 fully saturated rings. The van der Waals surface area contributed by atoms with Gasteiger partial charge in [-0.25, -0.2) is 9.69 Å². The topological polar surface area (TPSA) is 65.1 Å². The molecule has 3 amide bonds. The summed E-state index contributed by atoms with van der Waals surface area (Å²) in [4.78, 5) is 32.0. The van der Waals surface area contributed by atoms with Crippen LogP contribution in [0, 0.1) is 0 Å². The van der Waals surface area contributed by atoms with Gasteiger partial charge in [-0.15, -0.1) is 0 Å². The molecule has 0 saturated carbocycles. The first-order valence-corrected chi connectivity index (χ1v) is 12.6. The molecule has 7 heteroatoms. The van der Waals surface area contributed by atoms with E-state index in [0.29, 0.717) is 19.5 Å². The van der Waals surface area contributed by atoms with Crippen LogP contribution < -0.4 is 10.1 Å². The fraction of sp³-hybridized carbons (Fsp3) is 0.379. The van der Waals surface area contributed by atoms with Crippen LogP contribution in [0.2, 0.25) is 0 Å². The second-order valence-electron chi connectivity index (χ2n) is 10.0. The Morgan fingerprint density at radius 3 is 2.33 bits per heavy atom. The van der Waals surface area contributed by atoms with E-state index in [9.17, 15) is 9.59 Å². The highest BCUT2D eigenvalue weighted by molar-refractivity contribution is 6.06. The maximum Gasteiger partial charge on any atom is 0.326 e. The van der Waals surface area contributed by atoms with Crippen LogP contribution in [0.15, 0.2) is 66.7 Å². The molecule has 7 nitrogen and oxygen atoms in total. The van der Waals surface area contributed by atoms with Crippen LogP contribution in [-0.2, 0) is 17.8 Å². The Bertz CT molecular complexity index is 1230. The minimum Gasteiger partial charge on any atom is -0.497 e. The van der Waals surface area contributed by atoms with Crippen LogP contribution in [0.25, 0.3) is 10.8 Å². The predicted octanol–water partition coefficient (Wildman–Crippen LogP) is 3.87. The van der Waals surface area contributed by atoms with Gasteiger partial charge in [0.05, 0.1) is 13.8 Å². The summed E-state index contributed by atoms with van der Waals surface area (Å²) in [5.74, 6) is 0.665. The first-order chi connectivity index (χ1) is 17.4. The molecule has 3 aromatic carbocycles. The van der Waals surface area contributed by atoms with Gasteiger partial charge in [0.2, 0.25) is 0 Å². The number of imide groups is 1. The molecule has 2 heterocycles. The number of ether oxygens (including phenoxy) is 1. The Labute approximate surface area is 212 Å². The van der Waals surface area contributed by atoms with Gasteiger partial charge in [0.1, 0.15) is 11.3 Å². The van der Waals surface area contributed by atoms with Crippen LogP contribution >= 0.6 is 0 Å². The van der Waals surface area contributed by atoms with Crippen molar-refractivity contribution >= 4 is 22.7 Å². The van der Waals surface area contributed by atoms with Gasteiger partial charge in [0.15, 0.2) is 0 Å². The standard InChI is InChI=1S/C29H34N4O3/c1-29(15-14-22-10-12-25(36-2)13-11-22)27(34)33(28(35)30-29)21-32-18-16-31(17-19-32)20-24-8-5-7-23-6-3-4-9-26(23)24/h3-13H,14-21H2,1-2H3,(H,30,35)/t29-/m1/s1. The summed E-state index contributed by atoms with van der Waals surface area (Å²) in [6.45, 7) is 6.53. The van der Waals surface area contributed by atoms with Gasteiger partial charge in [0.25, 0.3) is 5.91 Å². The molecular weight excluding hydrogens is 452 g/mol. The van der Waals surface area contributed by atoms with E-state index < -0.39 is 5.54 Å². The molecule has 188 valence electrons. The quantitative estimate of drug-likeness (QED) is 0.490. The van der Waals surface area contributed by atoms with E-state index in [-0.39, 0.29) is 11.9 Å². The van der Waals surface area contributed by atoms with Gasteiger partial charge >= 0.3 is 6.03 Å². The number of carbonyl (C=O) groups excluding carboxylic acids is 2. The number of methoxy groups -OCH3 is 1. The number of hydrogen-bond acceptors (Lipinski definition) is 5. The van der Waals surface area contributed by atoms with E-state index in [0.717, 1.165) is 44.0 Å². The van der Waals surface area contributed by atoms with E-state index in [1.165, 1.54) is 21.2 Å². The molecule has 2 aliphatic rings. The van der Waals surface area contributed by atoms with Crippen molar-refractivity contribution in [2.24, 2.45) is 0 Å². The Morgan fingerprint density at radius 2 is 1.58 bits per heavy atom. The number of rotatable bonds is 8. The first kappa shape index (κ1) is 24.3. The van der Waals surface area contributed by atoms with Crippen molar-refractivity contribution < 1.29 is 14.3 Å². The van der Waals surface area contributed by atoms with E-state index in [1.807, 2.05) is 31.2 Å². The minimum absolute atomic E-state index is 0.140. The number of piperazine rings is 1. The van der Waals surface area contributed by atoms with Crippen molar-refractivity contribution in [3.05, 3.63) is 77.9 Å². The molecular formula is C29H34N4O3. The summed E-state index contributed by atoms with van der Waals surface area (Å²) in [5, 5.41) is 5.51. The summed E-state index contributed by atoms with van der Waals surface area (Å²) in [6, 6.07) is 22.5. The highest BCUT2D eigenvalue weighted by Crippen LogP contribution is 2.25. The third-order valence-electron chi connectivity index (χ3n) is 7.50. The average Bonchev–Trinajstić information content (AvgIpc) is 3.12. The van der Waals surface area contributed by atoms with E-state index >= 15 is 0 Å². The number of fused-ring (bicyclic) bond motifs is 1. The van der Waals surface area contributed by atoms with Crippen molar-refractivity contribution in [3.8, 4) is 5.75 Å². The molecule has 2 aliphatic heterocycles. The molecule has 1 atom stereocenters. The van der Waals surface area contributed by atoms with Crippen molar-refractivity contribution in [3.63, 3.8) is 0 Å². The largest absolute Gasteiger partial charge is 0.497 e. The minimum atomic E-state index is -0.882. The Balaban J connectivity index is 1.14. The highest BCUT2D eigenvalue weighted by atomic mass is 16.5. The summed E-state index contributed by atoms with van der Waals surface area (Å²) in [6.07, 6.45) is 1.26. The lowest BCUT2D eigenvalue weighted by molar-refractivity contribution is -0.132. The number of amides is 3. The zero-order valence-corrected chi connectivity index (χ0v) is 21.1. The molecule has 1 N–H and O–H groups in total. The molecule has 36 heavy (non-hydrogen) atoms. The second-order valence-corrected chi connectivity index (χ2v) is 10.0. The van der Waals surface area contributed by atoms with Crippen LogP contribution in [-0.4, -0.2) is 72.1 Å². The SMILES string of the molecule is COc1ccc(CC[C@@]2(C)NC(=O)N(CN3CCN(Cc4cccc5ccccc45)CC3)C2=O)cc1. The normalized spacial score (nSPS) is 21.2. The molecule has 0 aliphatic carbocycles. The van der Waals surface area contributed by atoms with Crippen LogP contribution in [0.1, 0.15) is 24.5 Å². The fourth-order valence-corrected chi connectivity index (χ4v) is 5.19. The van der Waals surface area contributed by atoms with E-state index in [2.05, 4.69) is 57.6 Å². The van der Waals surface area contributed by atoms with Crippen molar-refractivity contribution in [1.82, 2.24) is 20.0 Å². The van der Waals surface area contributed by atoms with Crippen LogP contribution in [0.4, 0.5) is 4.79 Å². The number of nitrogens with one attached hydrogen (secondary N) is 1. The Morgan fingerprint density at radius 1 is 0.889 bits per heavy atom. The maximum absolute atomic E-state index is 13.2. The third-order valence-corrected chi connectivity index (χ3v) is 7.50. The fourth-order valence-electron chi connectivity index (χ4n) is 5.19. The van der Waals surface area contributed by atoms with Gasteiger partial charge in [-0.2, -0.15) is 0 Å². The van der Waals surface area contributed by atoms with Gasteiger partial charge in [-0.3, -0.25) is 14.6 Å². The van der Waals surface area contributed by atoms with Crippen molar-refractivity contribution in [2.75, 3.05) is 40.0 Å². The lowest BCUT2D eigenvalue weighted by atomic mass is 9.93. The number of aryl methyl sites for hydroxylation is 1. The molecule has 0 spiro atoms.